The minimum Gasteiger partial charge on any atom is -0.388 e. The molecule has 0 heterocycles. The Morgan fingerprint density at radius 1 is 1.00 bits per heavy atom. The molecule has 0 aliphatic heterocycles. The molecule has 0 saturated carbocycles. The van der Waals surface area contributed by atoms with Gasteiger partial charge in [-0.3, -0.25) is 0 Å². The van der Waals surface area contributed by atoms with Gasteiger partial charge < -0.3 is 5.11 Å². The van der Waals surface area contributed by atoms with E-state index in [1.54, 1.807) is 6.07 Å². The number of hydrogen-bond acceptors (Lipinski definition) is 1. The lowest BCUT2D eigenvalue weighted by molar-refractivity contribution is 0.126. The molecular formula is C17H15Cl3O. The van der Waals surface area contributed by atoms with E-state index in [4.69, 9.17) is 34.8 Å². The minimum atomic E-state index is -0.623. The van der Waals surface area contributed by atoms with Crippen LogP contribution in [0.5, 0.6) is 0 Å². The van der Waals surface area contributed by atoms with Crippen molar-refractivity contribution in [3.63, 3.8) is 0 Å². The van der Waals surface area contributed by atoms with Crippen LogP contribution in [-0.2, 0) is 0 Å². The van der Waals surface area contributed by atoms with Crippen molar-refractivity contribution in [1.82, 2.24) is 0 Å². The van der Waals surface area contributed by atoms with E-state index in [1.807, 2.05) is 30.3 Å². The van der Waals surface area contributed by atoms with Crippen LogP contribution in [0.2, 0.25) is 15.1 Å². The summed E-state index contributed by atoms with van der Waals surface area (Å²) in [5.74, 6) is 0.309. The van der Waals surface area contributed by atoms with Crippen molar-refractivity contribution in [2.45, 2.75) is 31.3 Å². The first-order chi connectivity index (χ1) is 9.97. The molecule has 0 fully saturated rings. The van der Waals surface area contributed by atoms with E-state index < -0.39 is 6.10 Å². The highest BCUT2D eigenvalue weighted by Gasteiger charge is 2.34. The van der Waals surface area contributed by atoms with Crippen molar-refractivity contribution in [2.24, 2.45) is 0 Å². The van der Waals surface area contributed by atoms with E-state index in [2.05, 4.69) is 6.92 Å². The normalized spacial score (nSPS) is 24.7. The Hall–Kier alpha value is -0.730. The van der Waals surface area contributed by atoms with Gasteiger partial charge in [-0.1, -0.05) is 53.9 Å². The van der Waals surface area contributed by atoms with Gasteiger partial charge in [-0.25, -0.2) is 0 Å². The average Bonchev–Trinajstić information content (AvgIpc) is 2.43. The van der Waals surface area contributed by atoms with Gasteiger partial charge in [0.2, 0.25) is 0 Å². The van der Waals surface area contributed by atoms with Crippen LogP contribution in [0.3, 0.4) is 0 Å². The van der Waals surface area contributed by atoms with E-state index in [0.717, 1.165) is 23.1 Å². The zero-order chi connectivity index (χ0) is 15.1. The maximum atomic E-state index is 10.8. The van der Waals surface area contributed by atoms with Crippen LogP contribution in [0.15, 0.2) is 36.4 Å². The lowest BCUT2D eigenvalue weighted by Crippen LogP contribution is -2.21. The molecule has 0 bridgehead atoms. The van der Waals surface area contributed by atoms with Gasteiger partial charge in [0.25, 0.3) is 0 Å². The summed E-state index contributed by atoms with van der Waals surface area (Å²) < 4.78 is 0. The Morgan fingerprint density at radius 2 is 1.67 bits per heavy atom. The summed E-state index contributed by atoms with van der Waals surface area (Å²) in [4.78, 5) is 0. The molecule has 1 aliphatic rings. The summed E-state index contributed by atoms with van der Waals surface area (Å²) in [7, 11) is 0. The van der Waals surface area contributed by atoms with E-state index in [-0.39, 0.29) is 5.92 Å². The Kier molecular flexibility index (Phi) is 4.20. The van der Waals surface area contributed by atoms with Gasteiger partial charge >= 0.3 is 0 Å². The molecule has 0 spiro atoms. The van der Waals surface area contributed by atoms with Crippen LogP contribution >= 0.6 is 34.8 Å². The monoisotopic (exact) mass is 340 g/mol. The van der Waals surface area contributed by atoms with Crippen LogP contribution in [0, 0.1) is 0 Å². The maximum absolute atomic E-state index is 10.8. The highest BCUT2D eigenvalue weighted by molar-refractivity contribution is 6.35. The fraction of sp³-hybridized carbons (Fsp3) is 0.294. The average molecular weight is 342 g/mol. The van der Waals surface area contributed by atoms with Crippen LogP contribution in [0.4, 0.5) is 0 Å². The van der Waals surface area contributed by atoms with Crippen molar-refractivity contribution in [2.75, 3.05) is 0 Å². The summed E-state index contributed by atoms with van der Waals surface area (Å²) in [6, 6.07) is 11.3. The van der Waals surface area contributed by atoms with E-state index in [1.165, 1.54) is 0 Å². The second kappa shape index (κ2) is 5.81. The molecule has 0 amide bonds. The third-order valence-electron chi connectivity index (χ3n) is 4.24. The SMILES string of the molecule is C[C@@H]1C[C@H](c2ccc(Cl)cc2)[C@H](O)c2c(Cl)cc(Cl)cc21. The predicted molar refractivity (Wildman–Crippen MR) is 88.6 cm³/mol. The molecular weight excluding hydrogens is 327 g/mol. The van der Waals surface area contributed by atoms with E-state index in [9.17, 15) is 5.11 Å². The van der Waals surface area contributed by atoms with Crippen molar-refractivity contribution < 1.29 is 5.11 Å². The first-order valence-electron chi connectivity index (χ1n) is 6.89. The number of benzene rings is 2. The Balaban J connectivity index is 2.06. The molecule has 0 unspecified atom stereocenters. The molecule has 1 aliphatic carbocycles. The first-order valence-corrected chi connectivity index (χ1v) is 8.03. The fourth-order valence-corrected chi connectivity index (χ4v) is 3.94. The number of fused-ring (bicyclic) bond motifs is 1. The van der Waals surface area contributed by atoms with Crippen LogP contribution in [-0.4, -0.2) is 5.11 Å². The molecule has 3 atom stereocenters. The molecule has 2 aromatic rings. The van der Waals surface area contributed by atoms with Gasteiger partial charge in [-0.2, -0.15) is 0 Å². The molecule has 110 valence electrons. The molecule has 0 aromatic heterocycles. The molecule has 3 rings (SSSR count). The molecule has 1 nitrogen and oxygen atoms in total. The summed E-state index contributed by atoms with van der Waals surface area (Å²) >= 11 is 18.3. The van der Waals surface area contributed by atoms with Crippen molar-refractivity contribution in [3.05, 3.63) is 68.2 Å². The predicted octanol–water partition coefficient (Wildman–Crippen LogP) is 5.97. The first kappa shape index (κ1) is 15.2. The Bertz CT molecular complexity index is 666. The van der Waals surface area contributed by atoms with Crippen molar-refractivity contribution in [1.29, 1.82) is 0 Å². The second-order valence-corrected chi connectivity index (χ2v) is 6.91. The number of aliphatic hydroxyl groups excluding tert-OH is 1. The minimum absolute atomic E-state index is 0.0171. The lowest BCUT2D eigenvalue weighted by atomic mass is 9.73. The highest BCUT2D eigenvalue weighted by Crippen LogP contribution is 2.49. The number of rotatable bonds is 1. The summed E-state index contributed by atoms with van der Waals surface area (Å²) in [5.41, 5.74) is 2.93. The summed E-state index contributed by atoms with van der Waals surface area (Å²) in [6.07, 6.45) is 0.231. The standard InChI is InChI=1S/C17H15Cl3O/c1-9-6-14(10-2-4-11(18)5-3-10)17(21)16-13(9)7-12(19)8-15(16)20/h2-5,7-9,14,17,21H,6H2,1H3/t9-,14-,17+/m1/s1. The fourth-order valence-electron chi connectivity index (χ4n) is 3.19. The van der Waals surface area contributed by atoms with Gasteiger partial charge in [0, 0.05) is 26.5 Å². The molecule has 1 N–H and O–H groups in total. The molecule has 0 saturated heterocycles. The molecule has 21 heavy (non-hydrogen) atoms. The van der Waals surface area contributed by atoms with E-state index in [0.29, 0.717) is 21.0 Å². The Labute approximate surface area is 139 Å². The zero-order valence-corrected chi connectivity index (χ0v) is 13.8. The summed E-state index contributed by atoms with van der Waals surface area (Å²) in [6.45, 7) is 2.14. The number of aliphatic hydroxyl groups is 1. The van der Waals surface area contributed by atoms with Crippen molar-refractivity contribution in [3.8, 4) is 0 Å². The third-order valence-corrected chi connectivity index (χ3v) is 5.02. The molecule has 4 heteroatoms. The second-order valence-electron chi connectivity index (χ2n) is 5.63. The van der Waals surface area contributed by atoms with E-state index >= 15 is 0 Å². The van der Waals surface area contributed by atoms with Gasteiger partial charge in [-0.15, -0.1) is 0 Å². The van der Waals surface area contributed by atoms with Gasteiger partial charge in [0.05, 0.1) is 6.10 Å². The topological polar surface area (TPSA) is 20.2 Å². The van der Waals surface area contributed by atoms with Gasteiger partial charge in [0.15, 0.2) is 0 Å². The number of hydrogen-bond donors (Lipinski definition) is 1. The van der Waals surface area contributed by atoms with Gasteiger partial charge in [0.1, 0.15) is 0 Å². The maximum Gasteiger partial charge on any atom is 0.0875 e. The number of halogens is 3. The quantitative estimate of drug-likeness (QED) is 0.677. The van der Waals surface area contributed by atoms with Crippen LogP contribution in [0.25, 0.3) is 0 Å². The smallest absolute Gasteiger partial charge is 0.0875 e. The Morgan fingerprint density at radius 3 is 2.33 bits per heavy atom. The summed E-state index contributed by atoms with van der Waals surface area (Å²) in [5, 5.41) is 12.6. The lowest BCUT2D eigenvalue weighted by Gasteiger charge is -2.35. The highest BCUT2D eigenvalue weighted by atomic mass is 35.5. The zero-order valence-electron chi connectivity index (χ0n) is 11.5. The largest absolute Gasteiger partial charge is 0.388 e. The van der Waals surface area contributed by atoms with Crippen molar-refractivity contribution >= 4 is 34.8 Å². The molecule has 2 aromatic carbocycles. The van der Waals surface area contributed by atoms with Gasteiger partial charge in [-0.05, 0) is 47.7 Å². The van der Waals surface area contributed by atoms with Crippen LogP contribution in [0.1, 0.15) is 48.0 Å². The third kappa shape index (κ3) is 2.80. The molecule has 0 radical (unpaired) electrons. The van der Waals surface area contributed by atoms with Crippen LogP contribution < -0.4 is 0 Å².